The topological polar surface area (TPSA) is 46.1 Å². The van der Waals surface area contributed by atoms with Crippen molar-refractivity contribution in [2.45, 2.75) is 44.6 Å². The van der Waals surface area contributed by atoms with Crippen LogP contribution in [0.4, 0.5) is 0 Å². The Bertz CT molecular complexity index is 416. The summed E-state index contributed by atoms with van der Waals surface area (Å²) in [6, 6.07) is 2.12. The number of hydrogen-bond acceptors (Lipinski definition) is 3. The van der Waals surface area contributed by atoms with Crippen molar-refractivity contribution in [3.05, 3.63) is 24.3 Å². The van der Waals surface area contributed by atoms with Gasteiger partial charge in [-0.25, -0.2) is 9.97 Å². The van der Waals surface area contributed by atoms with Crippen molar-refractivity contribution in [2.24, 2.45) is 5.92 Å². The summed E-state index contributed by atoms with van der Waals surface area (Å²) in [4.78, 5) is 22.8. The molecule has 4 heteroatoms. The van der Waals surface area contributed by atoms with E-state index in [1.807, 2.05) is 6.07 Å². The molecular formula is C14H19N3O. The zero-order chi connectivity index (χ0) is 12.4. The van der Waals surface area contributed by atoms with Gasteiger partial charge >= 0.3 is 0 Å². The van der Waals surface area contributed by atoms with E-state index in [2.05, 4.69) is 14.9 Å². The second kappa shape index (κ2) is 5.04. The molecule has 1 saturated carbocycles. The van der Waals surface area contributed by atoms with Gasteiger partial charge in [-0.1, -0.05) is 6.42 Å². The first-order valence-corrected chi connectivity index (χ1v) is 6.92. The summed E-state index contributed by atoms with van der Waals surface area (Å²) in [5.41, 5.74) is 0.998. The third kappa shape index (κ3) is 2.11. The Morgan fingerprint density at radius 2 is 2.11 bits per heavy atom. The minimum Gasteiger partial charge on any atom is -0.334 e. The Labute approximate surface area is 107 Å². The lowest BCUT2D eigenvalue weighted by Gasteiger charge is -2.39. The Hall–Kier alpha value is -1.45. The summed E-state index contributed by atoms with van der Waals surface area (Å²) >= 11 is 0. The van der Waals surface area contributed by atoms with Crippen molar-refractivity contribution in [1.29, 1.82) is 0 Å². The van der Waals surface area contributed by atoms with Gasteiger partial charge in [0.15, 0.2) is 0 Å². The molecule has 96 valence electrons. The Morgan fingerprint density at radius 3 is 2.78 bits per heavy atom. The molecule has 1 atom stereocenters. The number of aromatic nitrogens is 2. The number of hydrogen-bond donors (Lipinski definition) is 0. The second-order valence-corrected chi connectivity index (χ2v) is 5.31. The highest BCUT2D eigenvalue weighted by molar-refractivity contribution is 5.80. The van der Waals surface area contributed by atoms with Gasteiger partial charge in [-0.3, -0.25) is 4.79 Å². The van der Waals surface area contributed by atoms with Crippen LogP contribution in [0.1, 0.15) is 50.3 Å². The van der Waals surface area contributed by atoms with Gasteiger partial charge < -0.3 is 4.90 Å². The quantitative estimate of drug-likeness (QED) is 0.803. The van der Waals surface area contributed by atoms with Gasteiger partial charge in [0.2, 0.25) is 5.91 Å². The monoisotopic (exact) mass is 245 g/mol. The van der Waals surface area contributed by atoms with E-state index in [-0.39, 0.29) is 12.0 Å². The molecule has 0 bridgehead atoms. The van der Waals surface area contributed by atoms with E-state index in [9.17, 15) is 4.79 Å². The molecule has 0 unspecified atom stereocenters. The number of amides is 1. The first-order valence-electron chi connectivity index (χ1n) is 6.92. The van der Waals surface area contributed by atoms with Crippen molar-refractivity contribution < 1.29 is 4.79 Å². The minimum atomic E-state index is 0.176. The maximum atomic E-state index is 12.4. The Morgan fingerprint density at radius 1 is 1.22 bits per heavy atom. The third-order valence-corrected chi connectivity index (χ3v) is 4.19. The maximum Gasteiger partial charge on any atom is 0.226 e. The summed E-state index contributed by atoms with van der Waals surface area (Å²) in [7, 11) is 0. The van der Waals surface area contributed by atoms with Crippen molar-refractivity contribution in [3.8, 4) is 0 Å². The normalized spacial score (nSPS) is 24.7. The van der Waals surface area contributed by atoms with Crippen molar-refractivity contribution in [2.75, 3.05) is 6.54 Å². The largest absolute Gasteiger partial charge is 0.334 e. The van der Waals surface area contributed by atoms with Crippen molar-refractivity contribution in [3.63, 3.8) is 0 Å². The first-order chi connectivity index (χ1) is 8.86. The standard InChI is InChI=1S/C14H19N3O/c18-14(11-4-3-5-11)17-9-2-1-6-13(17)12-7-8-15-10-16-12/h7-8,10-11,13H,1-6,9H2/t13-/m0/s1. The first kappa shape index (κ1) is 11.6. The van der Waals surface area contributed by atoms with Crippen LogP contribution in [-0.4, -0.2) is 27.3 Å². The minimum absolute atomic E-state index is 0.176. The lowest BCUT2D eigenvalue weighted by atomic mass is 9.83. The number of piperidine rings is 1. The van der Waals surface area contributed by atoms with Crippen LogP contribution in [0.3, 0.4) is 0 Å². The van der Waals surface area contributed by atoms with Gasteiger partial charge in [0.05, 0.1) is 11.7 Å². The predicted molar refractivity (Wildman–Crippen MR) is 67.7 cm³/mol. The molecule has 1 aliphatic heterocycles. The van der Waals surface area contributed by atoms with Gasteiger partial charge in [-0.05, 0) is 38.2 Å². The van der Waals surface area contributed by atoms with Gasteiger partial charge in [-0.15, -0.1) is 0 Å². The third-order valence-electron chi connectivity index (χ3n) is 4.19. The molecule has 0 N–H and O–H groups in total. The summed E-state index contributed by atoms with van der Waals surface area (Å²) < 4.78 is 0. The SMILES string of the molecule is O=C(C1CCC1)N1CCCC[C@H]1c1ccncn1. The summed E-state index contributed by atoms with van der Waals surface area (Å²) in [5.74, 6) is 0.636. The molecule has 2 heterocycles. The lowest BCUT2D eigenvalue weighted by Crippen LogP contribution is -2.43. The number of likely N-dealkylation sites (tertiary alicyclic amines) is 1. The van der Waals surface area contributed by atoms with Crippen LogP contribution in [-0.2, 0) is 4.79 Å². The van der Waals surface area contributed by atoms with Gasteiger partial charge in [-0.2, -0.15) is 0 Å². The number of carbonyl (C=O) groups is 1. The molecule has 0 spiro atoms. The zero-order valence-electron chi connectivity index (χ0n) is 10.6. The average Bonchev–Trinajstić information content (AvgIpc) is 2.38. The highest BCUT2D eigenvalue weighted by Crippen LogP contribution is 2.35. The molecule has 2 fully saturated rings. The van der Waals surface area contributed by atoms with Crippen LogP contribution in [0.2, 0.25) is 0 Å². The molecular weight excluding hydrogens is 226 g/mol. The molecule has 1 aromatic rings. The van der Waals surface area contributed by atoms with E-state index in [0.29, 0.717) is 5.91 Å². The highest BCUT2D eigenvalue weighted by Gasteiger charge is 2.35. The second-order valence-electron chi connectivity index (χ2n) is 5.31. The van der Waals surface area contributed by atoms with Crippen LogP contribution >= 0.6 is 0 Å². The van der Waals surface area contributed by atoms with Gasteiger partial charge in [0, 0.05) is 18.7 Å². The van der Waals surface area contributed by atoms with Crippen molar-refractivity contribution >= 4 is 5.91 Å². The molecule has 2 aliphatic rings. The van der Waals surface area contributed by atoms with Crippen LogP contribution in [0, 0.1) is 5.92 Å². The molecule has 4 nitrogen and oxygen atoms in total. The Kier molecular flexibility index (Phi) is 3.26. The van der Waals surface area contributed by atoms with Crippen LogP contribution in [0.15, 0.2) is 18.6 Å². The summed E-state index contributed by atoms with van der Waals surface area (Å²) in [6.07, 6.45) is 10.1. The van der Waals surface area contributed by atoms with E-state index in [1.165, 1.54) is 12.8 Å². The van der Waals surface area contributed by atoms with Gasteiger partial charge in [0.25, 0.3) is 0 Å². The Balaban J connectivity index is 1.79. The van der Waals surface area contributed by atoms with E-state index < -0.39 is 0 Å². The van der Waals surface area contributed by atoms with E-state index in [1.54, 1.807) is 12.5 Å². The zero-order valence-corrected chi connectivity index (χ0v) is 10.6. The maximum absolute atomic E-state index is 12.4. The summed E-state index contributed by atoms with van der Waals surface area (Å²) in [6.45, 7) is 0.893. The predicted octanol–water partition coefficient (Wildman–Crippen LogP) is 2.33. The molecule has 0 aromatic carbocycles. The van der Waals surface area contributed by atoms with Gasteiger partial charge in [0.1, 0.15) is 6.33 Å². The molecule has 1 aromatic heterocycles. The van der Waals surface area contributed by atoms with Crippen LogP contribution in [0.5, 0.6) is 0 Å². The smallest absolute Gasteiger partial charge is 0.226 e. The fourth-order valence-corrected chi connectivity index (χ4v) is 2.89. The van der Waals surface area contributed by atoms with Crippen molar-refractivity contribution in [1.82, 2.24) is 14.9 Å². The van der Waals surface area contributed by atoms with E-state index in [4.69, 9.17) is 0 Å². The molecule has 1 amide bonds. The van der Waals surface area contributed by atoms with Crippen LogP contribution in [0.25, 0.3) is 0 Å². The van der Waals surface area contributed by atoms with Crippen LogP contribution < -0.4 is 0 Å². The van der Waals surface area contributed by atoms with E-state index in [0.717, 1.165) is 37.9 Å². The lowest BCUT2D eigenvalue weighted by molar-refractivity contribution is -0.142. The number of carbonyl (C=O) groups excluding carboxylic acids is 1. The van der Waals surface area contributed by atoms with E-state index >= 15 is 0 Å². The molecule has 1 saturated heterocycles. The molecule has 1 aliphatic carbocycles. The molecule has 18 heavy (non-hydrogen) atoms. The highest BCUT2D eigenvalue weighted by atomic mass is 16.2. The number of rotatable bonds is 2. The number of nitrogens with zero attached hydrogens (tertiary/aromatic N) is 3. The summed E-state index contributed by atoms with van der Waals surface area (Å²) in [5, 5.41) is 0. The average molecular weight is 245 g/mol. The fourth-order valence-electron chi connectivity index (χ4n) is 2.89. The fraction of sp³-hybridized carbons (Fsp3) is 0.643. The molecule has 3 rings (SSSR count). The molecule has 0 radical (unpaired) electrons.